The molecule has 0 radical (unpaired) electrons. The number of carboxylic acid groups (broad SMARTS) is 1. The predicted molar refractivity (Wildman–Crippen MR) is 68.5 cm³/mol. The number of Topliss-reactive ketones (excluding diaryl/α,β-unsaturated/α-hetero) is 1. The molecule has 0 spiro atoms. The lowest BCUT2D eigenvalue weighted by atomic mass is 9.95. The molecular weight excluding hydrogens is 228 g/mol. The normalized spacial score (nSPS) is 20.1. The fraction of sp³-hybridized carbons (Fsp3) is 0.333. The lowest BCUT2D eigenvalue weighted by Gasteiger charge is -2.09. The molecule has 0 saturated carbocycles. The summed E-state index contributed by atoms with van der Waals surface area (Å²) in [6.07, 6.45) is 5.11. The second kappa shape index (κ2) is 5.17. The summed E-state index contributed by atoms with van der Waals surface area (Å²) in [6, 6.07) is 7.48. The number of allylic oxidation sites excluding steroid dienone is 2. The first kappa shape index (κ1) is 12.6. The van der Waals surface area contributed by atoms with Gasteiger partial charge < -0.3 is 5.11 Å². The third-order valence-corrected chi connectivity index (χ3v) is 3.41. The van der Waals surface area contributed by atoms with Crippen LogP contribution in [-0.2, 0) is 16.0 Å². The van der Waals surface area contributed by atoms with Crippen molar-refractivity contribution in [3.05, 3.63) is 47.5 Å². The fourth-order valence-corrected chi connectivity index (χ4v) is 2.13. The first-order chi connectivity index (χ1) is 8.58. The van der Waals surface area contributed by atoms with E-state index < -0.39 is 11.9 Å². The molecule has 0 aliphatic heterocycles. The number of carboxylic acids is 1. The van der Waals surface area contributed by atoms with Crippen molar-refractivity contribution >= 4 is 11.8 Å². The minimum absolute atomic E-state index is 0.00672. The van der Waals surface area contributed by atoms with Gasteiger partial charge in [0.1, 0.15) is 5.78 Å². The molecule has 2 unspecified atom stereocenters. The van der Waals surface area contributed by atoms with Crippen LogP contribution < -0.4 is 0 Å². The largest absolute Gasteiger partial charge is 0.481 e. The summed E-state index contributed by atoms with van der Waals surface area (Å²) in [5.74, 6) is -1.06. The molecule has 18 heavy (non-hydrogen) atoms. The molecule has 2 rings (SSSR count). The van der Waals surface area contributed by atoms with E-state index >= 15 is 0 Å². The number of benzene rings is 1. The summed E-state index contributed by atoms with van der Waals surface area (Å²) in [4.78, 5) is 22.4. The van der Waals surface area contributed by atoms with Gasteiger partial charge in [0, 0.05) is 12.3 Å². The monoisotopic (exact) mass is 244 g/mol. The Kier molecular flexibility index (Phi) is 3.60. The molecule has 2 atom stereocenters. The summed E-state index contributed by atoms with van der Waals surface area (Å²) in [5.41, 5.74) is 1.86. The van der Waals surface area contributed by atoms with Crippen molar-refractivity contribution in [2.45, 2.75) is 25.7 Å². The van der Waals surface area contributed by atoms with Gasteiger partial charge in [0.15, 0.2) is 0 Å². The number of ketones is 1. The van der Waals surface area contributed by atoms with E-state index in [0.717, 1.165) is 11.1 Å². The molecule has 0 aromatic heterocycles. The van der Waals surface area contributed by atoms with Crippen LogP contribution in [-0.4, -0.2) is 16.9 Å². The molecule has 1 aliphatic carbocycles. The minimum Gasteiger partial charge on any atom is -0.481 e. The number of carbonyl (C=O) groups is 2. The number of hydrogen-bond donors (Lipinski definition) is 1. The first-order valence-electron chi connectivity index (χ1n) is 6.09. The Morgan fingerprint density at radius 3 is 2.56 bits per heavy atom. The molecule has 1 N–H and O–H groups in total. The van der Waals surface area contributed by atoms with Crippen LogP contribution in [0.5, 0.6) is 0 Å². The molecule has 0 fully saturated rings. The zero-order chi connectivity index (χ0) is 13.1. The highest BCUT2D eigenvalue weighted by atomic mass is 16.4. The van der Waals surface area contributed by atoms with E-state index in [4.69, 9.17) is 5.11 Å². The lowest BCUT2D eigenvalue weighted by molar-refractivity contribution is -0.138. The topological polar surface area (TPSA) is 54.4 Å². The lowest BCUT2D eigenvalue weighted by Crippen LogP contribution is -2.10. The van der Waals surface area contributed by atoms with Crippen molar-refractivity contribution in [1.29, 1.82) is 0 Å². The first-order valence-corrected chi connectivity index (χ1v) is 6.09. The molecule has 3 nitrogen and oxygen atoms in total. The third kappa shape index (κ3) is 2.67. The van der Waals surface area contributed by atoms with Crippen molar-refractivity contribution in [1.82, 2.24) is 0 Å². The Balaban J connectivity index is 2.06. The molecule has 0 amide bonds. The van der Waals surface area contributed by atoms with Gasteiger partial charge in [-0.25, -0.2) is 0 Å². The Bertz CT molecular complexity index is 485. The Hall–Kier alpha value is -1.90. The van der Waals surface area contributed by atoms with Gasteiger partial charge in [0.2, 0.25) is 0 Å². The van der Waals surface area contributed by atoms with Crippen molar-refractivity contribution < 1.29 is 14.7 Å². The summed E-state index contributed by atoms with van der Waals surface area (Å²) >= 11 is 0. The van der Waals surface area contributed by atoms with Gasteiger partial charge in [-0.3, -0.25) is 9.59 Å². The Labute approximate surface area is 106 Å². The minimum atomic E-state index is -0.823. The van der Waals surface area contributed by atoms with Gasteiger partial charge in [0.05, 0.1) is 5.92 Å². The standard InChI is InChI=1S/C15H16O3/c1-10(15(17)18)12-7-5-11(6-8-12)9-13-3-2-4-14(13)16/h2-3,5-8,10,13H,4,9H2,1H3,(H,17,18). The molecule has 0 heterocycles. The molecule has 1 aliphatic rings. The predicted octanol–water partition coefficient (Wildman–Crippen LogP) is 2.56. The number of hydrogen-bond acceptors (Lipinski definition) is 2. The van der Waals surface area contributed by atoms with Crippen LogP contribution >= 0.6 is 0 Å². The quantitative estimate of drug-likeness (QED) is 0.828. The highest BCUT2D eigenvalue weighted by Crippen LogP contribution is 2.21. The van der Waals surface area contributed by atoms with E-state index in [1.54, 1.807) is 6.92 Å². The van der Waals surface area contributed by atoms with E-state index in [9.17, 15) is 9.59 Å². The van der Waals surface area contributed by atoms with E-state index in [1.807, 2.05) is 36.4 Å². The highest BCUT2D eigenvalue weighted by Gasteiger charge is 2.19. The summed E-state index contributed by atoms with van der Waals surface area (Å²) in [7, 11) is 0. The molecule has 94 valence electrons. The average Bonchev–Trinajstić information content (AvgIpc) is 2.75. The summed E-state index contributed by atoms with van der Waals surface area (Å²) < 4.78 is 0. The van der Waals surface area contributed by atoms with Crippen LogP contribution in [0.2, 0.25) is 0 Å². The summed E-state index contributed by atoms with van der Waals surface area (Å²) in [5, 5.41) is 8.92. The van der Waals surface area contributed by atoms with E-state index in [1.165, 1.54) is 0 Å². The van der Waals surface area contributed by atoms with Gasteiger partial charge in [-0.2, -0.15) is 0 Å². The van der Waals surface area contributed by atoms with E-state index in [0.29, 0.717) is 12.8 Å². The third-order valence-electron chi connectivity index (χ3n) is 3.41. The van der Waals surface area contributed by atoms with Gasteiger partial charge in [-0.15, -0.1) is 0 Å². The van der Waals surface area contributed by atoms with Crippen molar-refractivity contribution in [2.75, 3.05) is 0 Å². The van der Waals surface area contributed by atoms with Crippen LogP contribution in [0.1, 0.15) is 30.4 Å². The molecular formula is C15H16O3. The van der Waals surface area contributed by atoms with E-state index in [2.05, 4.69) is 0 Å². The molecule has 0 saturated heterocycles. The molecule has 3 heteroatoms. The number of carbonyl (C=O) groups excluding carboxylic acids is 1. The Morgan fingerprint density at radius 2 is 2.06 bits per heavy atom. The van der Waals surface area contributed by atoms with E-state index in [-0.39, 0.29) is 11.7 Å². The average molecular weight is 244 g/mol. The zero-order valence-corrected chi connectivity index (χ0v) is 10.3. The van der Waals surface area contributed by atoms with Crippen molar-refractivity contribution in [3.8, 4) is 0 Å². The highest BCUT2D eigenvalue weighted by molar-refractivity contribution is 5.86. The molecule has 1 aromatic carbocycles. The molecule has 0 bridgehead atoms. The number of rotatable bonds is 4. The van der Waals surface area contributed by atoms with Gasteiger partial charge in [0.25, 0.3) is 0 Å². The van der Waals surface area contributed by atoms with Crippen molar-refractivity contribution in [2.24, 2.45) is 5.92 Å². The van der Waals surface area contributed by atoms with Crippen LogP contribution in [0.3, 0.4) is 0 Å². The number of aliphatic carboxylic acids is 1. The second-order valence-corrected chi connectivity index (χ2v) is 4.71. The van der Waals surface area contributed by atoms with Gasteiger partial charge >= 0.3 is 5.97 Å². The Morgan fingerprint density at radius 1 is 1.39 bits per heavy atom. The maximum Gasteiger partial charge on any atom is 0.310 e. The summed E-state index contributed by atoms with van der Waals surface area (Å²) in [6.45, 7) is 1.67. The molecule has 1 aromatic rings. The SMILES string of the molecule is CC(C(=O)O)c1ccc(CC2C=CCC2=O)cc1. The van der Waals surface area contributed by atoms with Crippen molar-refractivity contribution in [3.63, 3.8) is 0 Å². The second-order valence-electron chi connectivity index (χ2n) is 4.71. The van der Waals surface area contributed by atoms with Gasteiger partial charge in [-0.1, -0.05) is 36.4 Å². The fourth-order valence-electron chi connectivity index (χ4n) is 2.13. The van der Waals surface area contributed by atoms with Crippen LogP contribution in [0.15, 0.2) is 36.4 Å². The van der Waals surface area contributed by atoms with Gasteiger partial charge in [-0.05, 0) is 24.5 Å². The smallest absolute Gasteiger partial charge is 0.310 e. The van der Waals surface area contributed by atoms with Crippen LogP contribution in [0.4, 0.5) is 0 Å². The maximum atomic E-state index is 11.5. The van der Waals surface area contributed by atoms with Crippen LogP contribution in [0, 0.1) is 5.92 Å². The maximum absolute atomic E-state index is 11.5. The zero-order valence-electron chi connectivity index (χ0n) is 10.3. The van der Waals surface area contributed by atoms with Crippen LogP contribution in [0.25, 0.3) is 0 Å².